The Bertz CT molecular complexity index is 92.7. The van der Waals surface area contributed by atoms with Crippen LogP contribution in [-0.2, 0) is 0 Å². The van der Waals surface area contributed by atoms with Crippen molar-refractivity contribution < 1.29 is 0 Å². The van der Waals surface area contributed by atoms with Crippen LogP contribution < -0.4 is 0 Å². The lowest BCUT2D eigenvalue weighted by Gasteiger charge is -2.16. The van der Waals surface area contributed by atoms with Crippen LogP contribution in [0, 0.1) is 5.92 Å². The lowest BCUT2D eigenvalue weighted by atomic mass is 10.1. The first-order chi connectivity index (χ1) is 4.04. The van der Waals surface area contributed by atoms with Crippen LogP contribution in [0.4, 0.5) is 0 Å². The van der Waals surface area contributed by atoms with Gasteiger partial charge in [-0.05, 0) is 12.3 Å². The first-order valence-corrected chi connectivity index (χ1v) is 3.39. The Morgan fingerprint density at radius 1 is 1.44 bits per heavy atom. The second-order valence-electron chi connectivity index (χ2n) is 3.06. The smallest absolute Gasteiger partial charge is 0.00579 e. The Morgan fingerprint density at radius 2 is 1.89 bits per heavy atom. The maximum atomic E-state index is 3.92. The third-order valence-electron chi connectivity index (χ3n) is 1.28. The Morgan fingerprint density at radius 3 is 2.00 bits per heavy atom. The summed E-state index contributed by atoms with van der Waals surface area (Å²) < 4.78 is 0. The first kappa shape index (κ1) is 8.54. The minimum Gasteiger partial charge on any atom is -0.381 e. The second kappa shape index (κ2) is 3.54. The van der Waals surface area contributed by atoms with E-state index in [9.17, 15) is 0 Å². The lowest BCUT2D eigenvalue weighted by Crippen LogP contribution is -2.11. The topological polar surface area (TPSA) is 3.24 Å². The van der Waals surface area contributed by atoms with E-state index in [0.717, 1.165) is 12.3 Å². The van der Waals surface area contributed by atoms with Gasteiger partial charge in [0.05, 0.1) is 0 Å². The molecule has 0 unspecified atom stereocenters. The van der Waals surface area contributed by atoms with Crippen LogP contribution in [0.15, 0.2) is 12.3 Å². The molecule has 0 aromatic carbocycles. The number of hydrogen-bond donors (Lipinski definition) is 0. The Kier molecular flexibility index (Phi) is 3.36. The molecule has 0 fully saturated rings. The highest BCUT2D eigenvalue weighted by atomic mass is 15.1. The second-order valence-corrected chi connectivity index (χ2v) is 3.06. The third-order valence-corrected chi connectivity index (χ3v) is 1.28. The van der Waals surface area contributed by atoms with Crippen LogP contribution in [0.5, 0.6) is 0 Å². The molecule has 0 amide bonds. The van der Waals surface area contributed by atoms with Gasteiger partial charge in [-0.15, -0.1) is 0 Å². The predicted molar refractivity (Wildman–Crippen MR) is 42.3 cm³/mol. The highest BCUT2D eigenvalue weighted by molar-refractivity contribution is 4.91. The molecule has 1 heteroatoms. The Hall–Kier alpha value is -0.460. The monoisotopic (exact) mass is 127 g/mol. The van der Waals surface area contributed by atoms with Gasteiger partial charge < -0.3 is 4.90 Å². The summed E-state index contributed by atoms with van der Waals surface area (Å²) in [6.45, 7) is 8.33. The van der Waals surface area contributed by atoms with Crippen LogP contribution in [0.1, 0.15) is 20.3 Å². The summed E-state index contributed by atoms with van der Waals surface area (Å²) in [5.41, 5.74) is 1.21. The van der Waals surface area contributed by atoms with Gasteiger partial charge in [0.2, 0.25) is 0 Å². The fraction of sp³-hybridized carbons (Fsp3) is 0.750. The maximum Gasteiger partial charge on any atom is 0.00579 e. The zero-order valence-electron chi connectivity index (χ0n) is 6.94. The molecular formula is C8H17N. The van der Waals surface area contributed by atoms with Gasteiger partial charge in [-0.1, -0.05) is 20.4 Å². The van der Waals surface area contributed by atoms with Crippen molar-refractivity contribution in [1.29, 1.82) is 0 Å². The summed E-state index contributed by atoms with van der Waals surface area (Å²) in [4.78, 5) is 2.07. The molecule has 0 saturated heterocycles. The largest absolute Gasteiger partial charge is 0.381 e. The fourth-order valence-corrected chi connectivity index (χ4v) is 0.654. The van der Waals surface area contributed by atoms with E-state index >= 15 is 0 Å². The van der Waals surface area contributed by atoms with Crippen LogP contribution >= 0.6 is 0 Å². The van der Waals surface area contributed by atoms with Gasteiger partial charge in [-0.3, -0.25) is 0 Å². The third kappa shape index (κ3) is 4.07. The highest BCUT2D eigenvalue weighted by Gasteiger charge is 1.98. The van der Waals surface area contributed by atoms with Gasteiger partial charge in [-0.2, -0.15) is 0 Å². The molecule has 0 aliphatic carbocycles. The molecule has 0 bridgehead atoms. The Labute approximate surface area is 58.4 Å². The van der Waals surface area contributed by atoms with Gasteiger partial charge in [-0.25, -0.2) is 0 Å². The number of nitrogens with zero attached hydrogens (tertiary/aromatic N) is 1. The summed E-state index contributed by atoms with van der Waals surface area (Å²) >= 11 is 0. The quantitative estimate of drug-likeness (QED) is 0.561. The SMILES string of the molecule is C=C(CC(C)C)N(C)C. The van der Waals surface area contributed by atoms with E-state index in [-0.39, 0.29) is 0 Å². The van der Waals surface area contributed by atoms with E-state index in [1.54, 1.807) is 0 Å². The van der Waals surface area contributed by atoms with Crippen molar-refractivity contribution in [2.45, 2.75) is 20.3 Å². The molecule has 9 heavy (non-hydrogen) atoms. The summed E-state index contributed by atoms with van der Waals surface area (Å²) in [6, 6.07) is 0. The molecule has 0 aliphatic rings. The molecule has 0 saturated carbocycles. The van der Waals surface area contributed by atoms with Gasteiger partial charge in [0.1, 0.15) is 0 Å². The van der Waals surface area contributed by atoms with Gasteiger partial charge in [0.15, 0.2) is 0 Å². The van der Waals surface area contributed by atoms with Crippen LogP contribution in [-0.4, -0.2) is 19.0 Å². The summed E-state index contributed by atoms with van der Waals surface area (Å²) in [5, 5.41) is 0. The van der Waals surface area contributed by atoms with Crippen LogP contribution in [0.3, 0.4) is 0 Å². The average molecular weight is 127 g/mol. The highest BCUT2D eigenvalue weighted by Crippen LogP contribution is 2.09. The molecule has 0 atom stereocenters. The van der Waals surface area contributed by atoms with Crippen molar-refractivity contribution in [2.24, 2.45) is 5.92 Å². The molecule has 0 spiro atoms. The number of allylic oxidation sites excluding steroid dienone is 1. The minimum absolute atomic E-state index is 0.722. The van der Waals surface area contributed by atoms with E-state index in [1.165, 1.54) is 5.70 Å². The van der Waals surface area contributed by atoms with Crippen molar-refractivity contribution in [1.82, 2.24) is 4.90 Å². The first-order valence-electron chi connectivity index (χ1n) is 3.39. The molecule has 1 nitrogen and oxygen atoms in total. The minimum atomic E-state index is 0.722. The Balaban J connectivity index is 3.51. The van der Waals surface area contributed by atoms with Crippen LogP contribution in [0.2, 0.25) is 0 Å². The molecule has 0 aliphatic heterocycles. The van der Waals surface area contributed by atoms with Crippen molar-refractivity contribution in [3.05, 3.63) is 12.3 Å². The van der Waals surface area contributed by atoms with Crippen molar-refractivity contribution in [3.8, 4) is 0 Å². The zero-order chi connectivity index (χ0) is 7.44. The van der Waals surface area contributed by atoms with E-state index in [1.807, 2.05) is 14.1 Å². The van der Waals surface area contributed by atoms with E-state index in [2.05, 4.69) is 25.3 Å². The standard InChI is InChI=1S/C8H17N/c1-7(2)6-8(3)9(4)5/h7H,3,6H2,1-2,4-5H3. The normalized spacial score (nSPS) is 9.89. The molecule has 0 rings (SSSR count). The van der Waals surface area contributed by atoms with Gasteiger partial charge >= 0.3 is 0 Å². The predicted octanol–water partition coefficient (Wildman–Crippen LogP) is 2.11. The molecule has 0 aromatic heterocycles. The molecular weight excluding hydrogens is 110 g/mol. The molecule has 0 aromatic rings. The van der Waals surface area contributed by atoms with Gasteiger partial charge in [0.25, 0.3) is 0 Å². The number of rotatable bonds is 3. The van der Waals surface area contributed by atoms with E-state index in [0.29, 0.717) is 0 Å². The summed E-state index contributed by atoms with van der Waals surface area (Å²) in [5.74, 6) is 0.722. The van der Waals surface area contributed by atoms with E-state index < -0.39 is 0 Å². The number of hydrogen-bond acceptors (Lipinski definition) is 1. The molecule has 0 heterocycles. The van der Waals surface area contributed by atoms with Crippen molar-refractivity contribution in [2.75, 3.05) is 14.1 Å². The fourth-order valence-electron chi connectivity index (χ4n) is 0.654. The lowest BCUT2D eigenvalue weighted by molar-refractivity contribution is 0.455. The molecule has 0 N–H and O–H groups in total. The summed E-state index contributed by atoms with van der Waals surface area (Å²) in [7, 11) is 4.06. The van der Waals surface area contributed by atoms with Crippen molar-refractivity contribution in [3.63, 3.8) is 0 Å². The van der Waals surface area contributed by atoms with Crippen LogP contribution in [0.25, 0.3) is 0 Å². The zero-order valence-corrected chi connectivity index (χ0v) is 6.94. The van der Waals surface area contributed by atoms with E-state index in [4.69, 9.17) is 0 Å². The van der Waals surface area contributed by atoms with Crippen molar-refractivity contribution >= 4 is 0 Å². The van der Waals surface area contributed by atoms with Gasteiger partial charge in [0, 0.05) is 19.8 Å². The molecule has 54 valence electrons. The maximum absolute atomic E-state index is 3.92. The molecule has 0 radical (unpaired) electrons. The summed E-state index contributed by atoms with van der Waals surface area (Å²) in [6.07, 6.45) is 1.10. The average Bonchev–Trinajstić information content (AvgIpc) is 1.63.